The highest BCUT2D eigenvalue weighted by atomic mass is 79.9. The maximum absolute atomic E-state index is 4.27. The van der Waals surface area contributed by atoms with Crippen LogP contribution in [0.15, 0.2) is 24.5 Å². The lowest BCUT2D eigenvalue weighted by Gasteiger charge is -2.05. The van der Waals surface area contributed by atoms with Gasteiger partial charge in [-0.3, -0.25) is 9.97 Å². The van der Waals surface area contributed by atoms with Gasteiger partial charge in [0.05, 0.1) is 11.0 Å². The summed E-state index contributed by atoms with van der Waals surface area (Å²) >= 11 is 6.93. The Morgan fingerprint density at radius 1 is 0.857 bits per heavy atom. The summed E-state index contributed by atoms with van der Waals surface area (Å²) in [6, 6.07) is 4.15. The van der Waals surface area contributed by atoms with Crippen LogP contribution < -0.4 is 0 Å². The van der Waals surface area contributed by atoms with E-state index in [2.05, 4.69) is 54.0 Å². The summed E-state index contributed by atoms with van der Waals surface area (Å²) in [6.07, 6.45) is 3.43. The van der Waals surface area contributed by atoms with Crippen LogP contribution in [0.4, 0.5) is 0 Å². The third kappa shape index (κ3) is 1.81. The average molecular weight is 316 g/mol. The predicted molar refractivity (Wildman–Crippen MR) is 64.8 cm³/mol. The molecular formula is C10H8Br2N2. The Hall–Kier alpha value is -0.480. The van der Waals surface area contributed by atoms with E-state index in [1.165, 1.54) is 11.1 Å². The number of fused-ring (bicyclic) bond motifs is 1. The Bertz CT molecular complexity index is 414. The smallest absolute Gasteiger partial charge is 0.0890 e. The molecule has 0 atom stereocenters. The number of hydrogen-bond donors (Lipinski definition) is 0. The summed E-state index contributed by atoms with van der Waals surface area (Å²) in [5, 5.41) is 1.70. The van der Waals surface area contributed by atoms with Crippen LogP contribution in [0.3, 0.4) is 0 Å². The van der Waals surface area contributed by atoms with Crippen LogP contribution in [-0.4, -0.2) is 9.97 Å². The first kappa shape index (κ1) is 10.1. The first-order chi connectivity index (χ1) is 6.85. The van der Waals surface area contributed by atoms with Gasteiger partial charge in [0.25, 0.3) is 0 Å². The Balaban J connectivity index is 2.69. The van der Waals surface area contributed by atoms with E-state index in [0.717, 1.165) is 21.7 Å². The molecule has 0 aliphatic rings. The van der Waals surface area contributed by atoms with Gasteiger partial charge in [-0.15, -0.1) is 0 Å². The summed E-state index contributed by atoms with van der Waals surface area (Å²) < 4.78 is 0. The quantitative estimate of drug-likeness (QED) is 0.794. The van der Waals surface area contributed by atoms with E-state index in [1.54, 1.807) is 12.4 Å². The van der Waals surface area contributed by atoms with Crippen molar-refractivity contribution in [2.75, 3.05) is 0 Å². The van der Waals surface area contributed by atoms with Gasteiger partial charge in [-0.25, -0.2) is 0 Å². The summed E-state index contributed by atoms with van der Waals surface area (Å²) in [5.74, 6) is 0. The van der Waals surface area contributed by atoms with Crippen molar-refractivity contribution in [1.82, 2.24) is 9.97 Å². The SMILES string of the molecule is BrCc1cc2nccnc2cc1CBr. The second-order valence-corrected chi connectivity index (χ2v) is 4.05. The minimum Gasteiger partial charge on any atom is -0.253 e. The first-order valence-electron chi connectivity index (χ1n) is 4.19. The van der Waals surface area contributed by atoms with E-state index in [9.17, 15) is 0 Å². The highest BCUT2D eigenvalue weighted by molar-refractivity contribution is 9.09. The molecule has 14 heavy (non-hydrogen) atoms. The minimum absolute atomic E-state index is 0.848. The number of hydrogen-bond acceptors (Lipinski definition) is 2. The number of aromatic nitrogens is 2. The van der Waals surface area contributed by atoms with Crippen molar-refractivity contribution in [3.05, 3.63) is 35.7 Å². The maximum atomic E-state index is 4.27. The highest BCUT2D eigenvalue weighted by Crippen LogP contribution is 2.21. The Kier molecular flexibility index (Phi) is 3.13. The molecule has 4 heteroatoms. The van der Waals surface area contributed by atoms with E-state index in [4.69, 9.17) is 0 Å². The molecule has 0 radical (unpaired) electrons. The predicted octanol–water partition coefficient (Wildman–Crippen LogP) is 3.42. The molecule has 2 aromatic rings. The third-order valence-electron chi connectivity index (χ3n) is 2.08. The summed E-state index contributed by atoms with van der Waals surface area (Å²) in [4.78, 5) is 8.53. The van der Waals surface area contributed by atoms with Crippen LogP contribution in [0.5, 0.6) is 0 Å². The molecule has 0 spiro atoms. The molecule has 1 aromatic heterocycles. The molecule has 2 rings (SSSR count). The number of rotatable bonds is 2. The molecule has 0 saturated heterocycles. The Labute approximate surface area is 99.0 Å². The number of nitrogens with zero attached hydrogens (tertiary/aromatic N) is 2. The molecule has 1 heterocycles. The molecule has 0 N–H and O–H groups in total. The van der Waals surface area contributed by atoms with Crippen molar-refractivity contribution in [2.24, 2.45) is 0 Å². The molecule has 0 unspecified atom stereocenters. The molecule has 0 bridgehead atoms. The molecule has 72 valence electrons. The van der Waals surface area contributed by atoms with E-state index in [1.807, 2.05) is 0 Å². The fourth-order valence-electron chi connectivity index (χ4n) is 1.35. The second-order valence-electron chi connectivity index (χ2n) is 2.93. The molecule has 0 fully saturated rings. The lowest BCUT2D eigenvalue weighted by atomic mass is 10.1. The van der Waals surface area contributed by atoms with Crippen LogP contribution in [0.1, 0.15) is 11.1 Å². The van der Waals surface area contributed by atoms with Crippen molar-refractivity contribution in [1.29, 1.82) is 0 Å². The van der Waals surface area contributed by atoms with E-state index in [0.29, 0.717) is 0 Å². The topological polar surface area (TPSA) is 25.8 Å². The number of benzene rings is 1. The van der Waals surface area contributed by atoms with Gasteiger partial charge in [-0.1, -0.05) is 31.9 Å². The van der Waals surface area contributed by atoms with Gasteiger partial charge >= 0.3 is 0 Å². The largest absolute Gasteiger partial charge is 0.253 e. The summed E-state index contributed by atoms with van der Waals surface area (Å²) in [6.45, 7) is 0. The van der Waals surface area contributed by atoms with Gasteiger partial charge in [0.15, 0.2) is 0 Å². The molecule has 0 amide bonds. The van der Waals surface area contributed by atoms with Gasteiger partial charge in [0.2, 0.25) is 0 Å². The van der Waals surface area contributed by atoms with Gasteiger partial charge in [-0.05, 0) is 23.3 Å². The van der Waals surface area contributed by atoms with Gasteiger partial charge in [0, 0.05) is 23.1 Å². The summed E-state index contributed by atoms with van der Waals surface area (Å²) in [7, 11) is 0. The maximum Gasteiger partial charge on any atom is 0.0890 e. The standard InChI is InChI=1S/C10H8Br2N2/c11-5-7-3-9-10(4-8(7)6-12)14-2-1-13-9/h1-4H,5-6H2. The van der Waals surface area contributed by atoms with Gasteiger partial charge < -0.3 is 0 Å². The molecule has 0 saturated carbocycles. The fraction of sp³-hybridized carbons (Fsp3) is 0.200. The molecule has 2 nitrogen and oxygen atoms in total. The van der Waals surface area contributed by atoms with Crippen LogP contribution in [0.2, 0.25) is 0 Å². The Morgan fingerprint density at radius 2 is 1.29 bits per heavy atom. The van der Waals surface area contributed by atoms with E-state index in [-0.39, 0.29) is 0 Å². The fourth-order valence-corrected chi connectivity index (χ4v) is 2.39. The summed E-state index contributed by atoms with van der Waals surface area (Å²) in [5.41, 5.74) is 4.42. The van der Waals surface area contributed by atoms with Gasteiger partial charge in [0.1, 0.15) is 0 Å². The normalized spacial score (nSPS) is 10.7. The van der Waals surface area contributed by atoms with E-state index >= 15 is 0 Å². The van der Waals surface area contributed by atoms with Crippen LogP contribution in [0, 0.1) is 0 Å². The lowest BCUT2D eigenvalue weighted by Crippen LogP contribution is -1.91. The van der Waals surface area contributed by atoms with Crippen molar-refractivity contribution >= 4 is 42.9 Å². The van der Waals surface area contributed by atoms with Crippen molar-refractivity contribution in [3.63, 3.8) is 0 Å². The first-order valence-corrected chi connectivity index (χ1v) is 6.44. The average Bonchev–Trinajstić information content (AvgIpc) is 2.27. The molecule has 0 aliphatic carbocycles. The van der Waals surface area contributed by atoms with Gasteiger partial charge in [-0.2, -0.15) is 0 Å². The zero-order chi connectivity index (χ0) is 9.97. The number of halogens is 2. The van der Waals surface area contributed by atoms with E-state index < -0.39 is 0 Å². The second kappa shape index (κ2) is 4.36. The zero-order valence-corrected chi connectivity index (χ0v) is 10.5. The highest BCUT2D eigenvalue weighted by Gasteiger charge is 2.03. The zero-order valence-electron chi connectivity index (χ0n) is 7.37. The molecule has 1 aromatic carbocycles. The molecule has 0 aliphatic heterocycles. The third-order valence-corrected chi connectivity index (χ3v) is 3.29. The Morgan fingerprint density at radius 3 is 1.64 bits per heavy atom. The van der Waals surface area contributed by atoms with Crippen LogP contribution in [-0.2, 0) is 10.7 Å². The molecular weight excluding hydrogens is 308 g/mol. The monoisotopic (exact) mass is 314 g/mol. The van der Waals surface area contributed by atoms with Crippen molar-refractivity contribution in [2.45, 2.75) is 10.7 Å². The van der Waals surface area contributed by atoms with Crippen molar-refractivity contribution in [3.8, 4) is 0 Å². The van der Waals surface area contributed by atoms with Crippen LogP contribution >= 0.6 is 31.9 Å². The van der Waals surface area contributed by atoms with Crippen molar-refractivity contribution < 1.29 is 0 Å². The van der Waals surface area contributed by atoms with Crippen LogP contribution in [0.25, 0.3) is 11.0 Å². The minimum atomic E-state index is 0.848. The lowest BCUT2D eigenvalue weighted by molar-refractivity contribution is 1.25. The number of alkyl halides is 2.